The maximum absolute atomic E-state index is 12.5. The van der Waals surface area contributed by atoms with Gasteiger partial charge in [-0.2, -0.15) is 5.26 Å². The van der Waals surface area contributed by atoms with Crippen LogP contribution in [0.4, 0.5) is 5.69 Å². The van der Waals surface area contributed by atoms with E-state index in [1.165, 1.54) is 11.6 Å². The van der Waals surface area contributed by atoms with Gasteiger partial charge >= 0.3 is 0 Å². The molecule has 0 saturated carbocycles. The number of carbonyl (C=O) groups excluding carboxylic acids is 1. The van der Waals surface area contributed by atoms with Crippen molar-refractivity contribution >= 4 is 56.8 Å². The van der Waals surface area contributed by atoms with Crippen molar-refractivity contribution in [1.29, 1.82) is 5.26 Å². The fraction of sp³-hybridized carbons (Fsp3) is 0.0833. The highest BCUT2D eigenvalue weighted by Crippen LogP contribution is 2.30. The number of rotatable bonds is 6. The highest BCUT2D eigenvalue weighted by molar-refractivity contribution is 9.10. The highest BCUT2D eigenvalue weighted by Gasteiger charge is 2.13. The molecule has 0 fully saturated rings. The van der Waals surface area contributed by atoms with Crippen LogP contribution in [0.25, 0.3) is 6.08 Å². The molecule has 0 unspecified atom stereocenters. The van der Waals surface area contributed by atoms with Crippen LogP contribution in [0.5, 0.6) is 5.75 Å². The molecule has 3 aromatic rings. The Balaban J connectivity index is 1.72. The predicted molar refractivity (Wildman–Crippen MR) is 128 cm³/mol. The Hall–Kier alpha value is -2.78. The van der Waals surface area contributed by atoms with E-state index in [0.717, 1.165) is 5.56 Å². The minimum atomic E-state index is -0.581. The van der Waals surface area contributed by atoms with Crippen LogP contribution in [0.15, 0.2) is 70.7 Å². The quantitative estimate of drug-likeness (QED) is 0.279. The average molecular weight is 516 g/mol. The van der Waals surface area contributed by atoms with Crippen molar-refractivity contribution in [2.24, 2.45) is 0 Å². The molecule has 3 rings (SSSR count). The van der Waals surface area contributed by atoms with E-state index in [-0.39, 0.29) is 10.6 Å². The smallest absolute Gasteiger partial charge is 0.266 e. The first-order valence-electron chi connectivity index (χ1n) is 9.22. The van der Waals surface area contributed by atoms with E-state index in [4.69, 9.17) is 27.9 Å². The molecule has 3 aromatic carbocycles. The van der Waals surface area contributed by atoms with Gasteiger partial charge in [0, 0.05) is 0 Å². The summed E-state index contributed by atoms with van der Waals surface area (Å²) in [5, 5.41) is 12.6. The van der Waals surface area contributed by atoms with Gasteiger partial charge in [-0.25, -0.2) is 0 Å². The van der Waals surface area contributed by atoms with Crippen LogP contribution in [-0.4, -0.2) is 5.91 Å². The number of hydrogen-bond donors (Lipinski definition) is 1. The van der Waals surface area contributed by atoms with Gasteiger partial charge in [0.1, 0.15) is 24.0 Å². The standard InChI is InChI=1S/C24H17BrCl2N2O2/c1-15-5-7-16(8-6-15)14-31-22-10-9-17(12-19(22)25)11-18(13-28)24(30)29-21-4-2-3-20(26)23(21)27/h2-12H,14H2,1H3,(H,29,30)/b18-11-. The van der Waals surface area contributed by atoms with Gasteiger partial charge in [-0.15, -0.1) is 0 Å². The molecule has 0 radical (unpaired) electrons. The third-order valence-electron chi connectivity index (χ3n) is 4.35. The fourth-order valence-electron chi connectivity index (χ4n) is 2.67. The van der Waals surface area contributed by atoms with Crippen LogP contribution in [0.1, 0.15) is 16.7 Å². The summed E-state index contributed by atoms with van der Waals surface area (Å²) in [6, 6.07) is 20.2. The molecule has 0 aliphatic carbocycles. The number of carbonyl (C=O) groups is 1. The number of amides is 1. The van der Waals surface area contributed by atoms with Gasteiger partial charge in [0.25, 0.3) is 5.91 Å². The summed E-state index contributed by atoms with van der Waals surface area (Å²) >= 11 is 15.5. The lowest BCUT2D eigenvalue weighted by atomic mass is 10.1. The largest absolute Gasteiger partial charge is 0.488 e. The molecule has 0 heterocycles. The molecule has 0 atom stereocenters. The van der Waals surface area contributed by atoms with E-state index >= 15 is 0 Å². The van der Waals surface area contributed by atoms with Crippen LogP contribution < -0.4 is 10.1 Å². The minimum absolute atomic E-state index is 0.0729. The Morgan fingerprint density at radius 3 is 2.58 bits per heavy atom. The SMILES string of the molecule is Cc1ccc(COc2ccc(/C=C(/C#N)C(=O)Nc3cccc(Cl)c3Cl)cc2Br)cc1. The highest BCUT2D eigenvalue weighted by atomic mass is 79.9. The first kappa shape index (κ1) is 22.9. The van der Waals surface area contributed by atoms with Crippen LogP contribution >= 0.6 is 39.1 Å². The molecule has 156 valence electrons. The molecule has 0 aromatic heterocycles. The van der Waals surface area contributed by atoms with Crippen molar-refractivity contribution < 1.29 is 9.53 Å². The molecule has 0 aliphatic rings. The van der Waals surface area contributed by atoms with Crippen molar-refractivity contribution in [1.82, 2.24) is 0 Å². The van der Waals surface area contributed by atoms with E-state index in [9.17, 15) is 10.1 Å². The first-order valence-corrected chi connectivity index (χ1v) is 10.8. The zero-order valence-corrected chi connectivity index (χ0v) is 19.6. The maximum Gasteiger partial charge on any atom is 0.266 e. The zero-order chi connectivity index (χ0) is 22.4. The number of ether oxygens (including phenoxy) is 1. The number of benzene rings is 3. The summed E-state index contributed by atoms with van der Waals surface area (Å²) < 4.78 is 6.57. The lowest BCUT2D eigenvalue weighted by Gasteiger charge is -2.10. The second kappa shape index (κ2) is 10.5. The van der Waals surface area contributed by atoms with Gasteiger partial charge in [0.2, 0.25) is 0 Å². The van der Waals surface area contributed by atoms with Crippen molar-refractivity contribution in [2.45, 2.75) is 13.5 Å². The van der Waals surface area contributed by atoms with Crippen LogP contribution in [0.2, 0.25) is 10.0 Å². The van der Waals surface area contributed by atoms with Crippen molar-refractivity contribution in [2.75, 3.05) is 5.32 Å². The van der Waals surface area contributed by atoms with Crippen LogP contribution in [0, 0.1) is 18.3 Å². The monoisotopic (exact) mass is 514 g/mol. The van der Waals surface area contributed by atoms with Crippen molar-refractivity contribution in [3.8, 4) is 11.8 Å². The summed E-state index contributed by atoms with van der Waals surface area (Å²) in [6.07, 6.45) is 1.49. The number of nitrogens with one attached hydrogen (secondary N) is 1. The van der Waals surface area contributed by atoms with E-state index in [1.807, 2.05) is 37.3 Å². The molecule has 4 nitrogen and oxygen atoms in total. The molecular formula is C24H17BrCl2N2O2. The van der Waals surface area contributed by atoms with E-state index in [1.54, 1.807) is 36.4 Å². The Morgan fingerprint density at radius 2 is 1.90 bits per heavy atom. The molecule has 0 spiro atoms. The third kappa shape index (κ3) is 6.11. The number of anilines is 1. The second-order valence-electron chi connectivity index (χ2n) is 6.69. The first-order chi connectivity index (χ1) is 14.9. The molecule has 0 saturated heterocycles. The molecular weight excluding hydrogens is 499 g/mol. The van der Waals surface area contributed by atoms with Crippen LogP contribution in [0.3, 0.4) is 0 Å². The van der Waals surface area contributed by atoms with E-state index in [0.29, 0.717) is 33.1 Å². The molecule has 1 amide bonds. The summed E-state index contributed by atoms with van der Waals surface area (Å²) in [6.45, 7) is 2.47. The van der Waals surface area contributed by atoms with E-state index in [2.05, 4.69) is 21.2 Å². The fourth-order valence-corrected chi connectivity index (χ4v) is 3.53. The molecule has 0 bridgehead atoms. The van der Waals surface area contributed by atoms with Gasteiger partial charge in [0.15, 0.2) is 0 Å². The lowest BCUT2D eigenvalue weighted by molar-refractivity contribution is -0.112. The molecule has 1 N–H and O–H groups in total. The maximum atomic E-state index is 12.5. The van der Waals surface area contributed by atoms with Gasteiger partial charge < -0.3 is 10.1 Å². The Bertz CT molecular complexity index is 1190. The normalized spacial score (nSPS) is 11.0. The zero-order valence-electron chi connectivity index (χ0n) is 16.5. The number of nitrogens with zero attached hydrogens (tertiary/aromatic N) is 1. The Kier molecular flexibility index (Phi) is 7.75. The van der Waals surface area contributed by atoms with Crippen molar-refractivity contribution in [3.63, 3.8) is 0 Å². The third-order valence-corrected chi connectivity index (χ3v) is 5.79. The number of halogens is 3. The van der Waals surface area contributed by atoms with E-state index < -0.39 is 5.91 Å². The second-order valence-corrected chi connectivity index (χ2v) is 8.33. The number of aryl methyl sites for hydroxylation is 1. The van der Waals surface area contributed by atoms with Gasteiger partial charge in [-0.1, -0.05) is 65.2 Å². The summed E-state index contributed by atoms with van der Waals surface area (Å²) in [5.74, 6) is 0.0777. The predicted octanol–water partition coefficient (Wildman–Crippen LogP) is 7.19. The van der Waals surface area contributed by atoms with Gasteiger partial charge in [0.05, 0.1) is 20.2 Å². The Morgan fingerprint density at radius 1 is 1.16 bits per heavy atom. The van der Waals surface area contributed by atoms with Gasteiger partial charge in [-0.05, 0) is 64.3 Å². The van der Waals surface area contributed by atoms with Crippen LogP contribution in [-0.2, 0) is 11.4 Å². The number of nitriles is 1. The average Bonchev–Trinajstić information content (AvgIpc) is 2.75. The summed E-state index contributed by atoms with van der Waals surface area (Å²) in [7, 11) is 0. The number of hydrogen-bond acceptors (Lipinski definition) is 3. The minimum Gasteiger partial charge on any atom is -0.488 e. The Labute approximate surface area is 199 Å². The summed E-state index contributed by atoms with van der Waals surface area (Å²) in [5.41, 5.74) is 3.18. The topological polar surface area (TPSA) is 62.1 Å². The molecule has 31 heavy (non-hydrogen) atoms. The summed E-state index contributed by atoms with van der Waals surface area (Å²) in [4.78, 5) is 12.5. The van der Waals surface area contributed by atoms with Gasteiger partial charge in [-0.3, -0.25) is 4.79 Å². The lowest BCUT2D eigenvalue weighted by Crippen LogP contribution is -2.13. The molecule has 7 heteroatoms. The molecule has 0 aliphatic heterocycles. The van der Waals surface area contributed by atoms with Crippen molar-refractivity contribution in [3.05, 3.63) is 97.4 Å².